The van der Waals surface area contributed by atoms with E-state index in [4.69, 9.17) is 10.9 Å². The Kier molecular flexibility index (Phi) is 4.72. The number of benzene rings is 1. The third-order valence-electron chi connectivity index (χ3n) is 3.74. The molecule has 2 rings (SSSR count). The lowest BCUT2D eigenvalue weighted by Gasteiger charge is -2.31. The fourth-order valence-electron chi connectivity index (χ4n) is 2.45. The molecule has 0 bridgehead atoms. The van der Waals surface area contributed by atoms with Crippen LogP contribution in [0.15, 0.2) is 23.4 Å². The second-order valence-corrected chi connectivity index (χ2v) is 5.09. The Morgan fingerprint density at radius 1 is 1.38 bits per heavy atom. The van der Waals surface area contributed by atoms with Gasteiger partial charge < -0.3 is 15.8 Å². The maximum atomic E-state index is 13.5. The number of likely N-dealkylation sites (tertiary alicyclic amines) is 1. The Morgan fingerprint density at radius 2 is 2.05 bits per heavy atom. The number of rotatable bonds is 3. The average molecular weight is 297 g/mol. The van der Waals surface area contributed by atoms with Gasteiger partial charge in [0.05, 0.1) is 6.42 Å². The first kappa shape index (κ1) is 15.2. The van der Waals surface area contributed by atoms with E-state index < -0.39 is 11.6 Å². The summed E-state index contributed by atoms with van der Waals surface area (Å²) in [5.74, 6) is -1.45. The van der Waals surface area contributed by atoms with Gasteiger partial charge in [0.2, 0.25) is 5.91 Å². The van der Waals surface area contributed by atoms with Gasteiger partial charge in [-0.2, -0.15) is 0 Å². The number of carbonyl (C=O) groups excluding carboxylic acids is 1. The Balaban J connectivity index is 1.93. The minimum Gasteiger partial charge on any atom is -0.409 e. The van der Waals surface area contributed by atoms with Crippen LogP contribution in [-0.4, -0.2) is 34.9 Å². The van der Waals surface area contributed by atoms with Gasteiger partial charge in [-0.1, -0.05) is 11.2 Å². The fourth-order valence-corrected chi connectivity index (χ4v) is 2.45. The lowest BCUT2D eigenvalue weighted by atomic mass is 9.95. The van der Waals surface area contributed by atoms with Crippen LogP contribution >= 0.6 is 0 Å². The van der Waals surface area contributed by atoms with E-state index in [0.717, 1.165) is 12.1 Å². The van der Waals surface area contributed by atoms with E-state index in [1.807, 2.05) is 0 Å². The van der Waals surface area contributed by atoms with Crippen LogP contribution in [0.3, 0.4) is 0 Å². The quantitative estimate of drug-likeness (QED) is 0.384. The van der Waals surface area contributed by atoms with Crippen molar-refractivity contribution in [2.45, 2.75) is 19.3 Å². The van der Waals surface area contributed by atoms with Crippen LogP contribution in [0.1, 0.15) is 18.4 Å². The molecule has 1 aromatic rings. The number of nitrogens with two attached hydrogens (primary N) is 1. The molecule has 1 fully saturated rings. The topological polar surface area (TPSA) is 78.9 Å². The zero-order valence-corrected chi connectivity index (χ0v) is 11.4. The van der Waals surface area contributed by atoms with Crippen molar-refractivity contribution in [3.63, 3.8) is 0 Å². The van der Waals surface area contributed by atoms with Crippen LogP contribution in [0, 0.1) is 17.6 Å². The number of halogens is 2. The van der Waals surface area contributed by atoms with Crippen molar-refractivity contribution in [2.75, 3.05) is 13.1 Å². The Labute approximate surface area is 121 Å². The van der Waals surface area contributed by atoms with Gasteiger partial charge in [0.1, 0.15) is 17.5 Å². The lowest BCUT2D eigenvalue weighted by molar-refractivity contribution is -0.131. The monoisotopic (exact) mass is 297 g/mol. The molecule has 3 N–H and O–H groups in total. The first-order valence-electron chi connectivity index (χ1n) is 6.70. The van der Waals surface area contributed by atoms with Gasteiger partial charge in [-0.25, -0.2) is 8.78 Å². The van der Waals surface area contributed by atoms with E-state index >= 15 is 0 Å². The summed E-state index contributed by atoms with van der Waals surface area (Å²) in [4.78, 5) is 13.7. The van der Waals surface area contributed by atoms with E-state index in [1.54, 1.807) is 4.90 Å². The molecular weight excluding hydrogens is 280 g/mol. The van der Waals surface area contributed by atoms with Gasteiger partial charge in [0.15, 0.2) is 0 Å². The van der Waals surface area contributed by atoms with Gasteiger partial charge in [-0.15, -0.1) is 0 Å². The number of carbonyl (C=O) groups is 1. The van der Waals surface area contributed by atoms with E-state index in [9.17, 15) is 13.6 Å². The number of oxime groups is 1. The molecule has 0 spiro atoms. The molecule has 21 heavy (non-hydrogen) atoms. The zero-order valence-electron chi connectivity index (χ0n) is 11.4. The van der Waals surface area contributed by atoms with Crippen molar-refractivity contribution in [2.24, 2.45) is 16.8 Å². The average Bonchev–Trinajstić information content (AvgIpc) is 2.49. The normalized spacial score (nSPS) is 17.0. The molecule has 5 nitrogen and oxygen atoms in total. The Morgan fingerprint density at radius 3 is 2.62 bits per heavy atom. The second-order valence-electron chi connectivity index (χ2n) is 5.09. The molecule has 114 valence electrons. The third kappa shape index (κ3) is 3.68. The molecule has 0 aliphatic carbocycles. The molecule has 1 amide bonds. The van der Waals surface area contributed by atoms with Crippen LogP contribution in [0.5, 0.6) is 0 Å². The van der Waals surface area contributed by atoms with Crippen molar-refractivity contribution >= 4 is 11.7 Å². The summed E-state index contributed by atoms with van der Waals surface area (Å²) in [6, 6.07) is 3.19. The molecular formula is C14H17F2N3O2. The first-order valence-corrected chi connectivity index (χ1v) is 6.70. The molecule has 0 saturated carbocycles. The van der Waals surface area contributed by atoms with E-state index in [-0.39, 0.29) is 29.6 Å². The molecule has 1 aliphatic heterocycles. The summed E-state index contributed by atoms with van der Waals surface area (Å²) >= 11 is 0. The highest BCUT2D eigenvalue weighted by Crippen LogP contribution is 2.19. The first-order chi connectivity index (χ1) is 10.0. The van der Waals surface area contributed by atoms with Crippen molar-refractivity contribution in [1.82, 2.24) is 4.90 Å². The highest BCUT2D eigenvalue weighted by Gasteiger charge is 2.25. The summed E-state index contributed by atoms with van der Waals surface area (Å²) in [7, 11) is 0. The van der Waals surface area contributed by atoms with Crippen LogP contribution in [0.4, 0.5) is 8.78 Å². The molecule has 0 aromatic heterocycles. The highest BCUT2D eigenvalue weighted by molar-refractivity contribution is 5.83. The third-order valence-corrected chi connectivity index (χ3v) is 3.74. The van der Waals surface area contributed by atoms with Crippen LogP contribution in [0.2, 0.25) is 0 Å². The molecule has 0 unspecified atom stereocenters. The maximum absolute atomic E-state index is 13.5. The number of piperidine rings is 1. The molecule has 1 saturated heterocycles. The van der Waals surface area contributed by atoms with E-state index in [0.29, 0.717) is 25.9 Å². The highest BCUT2D eigenvalue weighted by atomic mass is 19.1. The van der Waals surface area contributed by atoms with Crippen LogP contribution in [0.25, 0.3) is 0 Å². The summed E-state index contributed by atoms with van der Waals surface area (Å²) in [5, 5.41) is 11.6. The van der Waals surface area contributed by atoms with E-state index in [2.05, 4.69) is 5.16 Å². The minimum atomic E-state index is -0.713. The van der Waals surface area contributed by atoms with E-state index in [1.165, 1.54) is 6.07 Å². The Bertz CT molecular complexity index is 555. The smallest absolute Gasteiger partial charge is 0.227 e. The standard InChI is InChI=1S/C14H17F2N3O2/c15-11-2-1-10(12(16)8-11)7-13(20)19-5-3-9(4-6-19)14(17)18-21/h1-2,8-9,21H,3-7H2,(H2,17,18). The molecule has 0 atom stereocenters. The number of hydrogen-bond donors (Lipinski definition) is 2. The zero-order chi connectivity index (χ0) is 15.4. The van der Waals surface area contributed by atoms with Gasteiger partial charge in [-0.05, 0) is 24.5 Å². The summed E-state index contributed by atoms with van der Waals surface area (Å²) < 4.78 is 26.3. The number of nitrogens with zero attached hydrogens (tertiary/aromatic N) is 2. The summed E-state index contributed by atoms with van der Waals surface area (Å²) in [6.07, 6.45) is 1.11. The molecule has 7 heteroatoms. The fraction of sp³-hybridized carbons (Fsp3) is 0.429. The van der Waals surface area contributed by atoms with Gasteiger partial charge in [-0.3, -0.25) is 4.79 Å². The van der Waals surface area contributed by atoms with Gasteiger partial charge in [0.25, 0.3) is 0 Å². The summed E-state index contributed by atoms with van der Waals surface area (Å²) in [6.45, 7) is 0.949. The molecule has 0 radical (unpaired) electrons. The summed E-state index contributed by atoms with van der Waals surface area (Å²) in [5.41, 5.74) is 5.72. The van der Waals surface area contributed by atoms with Crippen molar-refractivity contribution in [1.29, 1.82) is 0 Å². The lowest BCUT2D eigenvalue weighted by Crippen LogP contribution is -2.42. The molecule has 1 aromatic carbocycles. The molecule has 1 heterocycles. The number of amidine groups is 1. The van der Waals surface area contributed by atoms with Crippen LogP contribution in [-0.2, 0) is 11.2 Å². The van der Waals surface area contributed by atoms with Gasteiger partial charge in [0, 0.05) is 25.1 Å². The predicted molar refractivity (Wildman–Crippen MR) is 72.8 cm³/mol. The van der Waals surface area contributed by atoms with Crippen molar-refractivity contribution < 1.29 is 18.8 Å². The van der Waals surface area contributed by atoms with Gasteiger partial charge >= 0.3 is 0 Å². The van der Waals surface area contributed by atoms with Crippen LogP contribution < -0.4 is 5.73 Å². The number of amides is 1. The maximum Gasteiger partial charge on any atom is 0.227 e. The SMILES string of the molecule is N/C(=N/O)C1CCN(C(=O)Cc2ccc(F)cc2F)CC1. The Hall–Kier alpha value is -2.18. The number of hydrogen-bond acceptors (Lipinski definition) is 3. The predicted octanol–water partition coefficient (Wildman–Crippen LogP) is 1.49. The second kappa shape index (κ2) is 6.51. The van der Waals surface area contributed by atoms with Crippen molar-refractivity contribution in [3.05, 3.63) is 35.4 Å². The largest absolute Gasteiger partial charge is 0.409 e. The van der Waals surface area contributed by atoms with Crippen molar-refractivity contribution in [3.8, 4) is 0 Å². The minimum absolute atomic E-state index is 0.0402. The molecule has 1 aliphatic rings.